The highest BCUT2D eigenvalue weighted by molar-refractivity contribution is 5.94. The van der Waals surface area contributed by atoms with Crippen molar-refractivity contribution < 1.29 is 14.0 Å². The zero-order chi connectivity index (χ0) is 21.5. The first-order chi connectivity index (χ1) is 14.4. The number of nitrogens with zero attached hydrogens (tertiary/aromatic N) is 1. The Kier molecular flexibility index (Phi) is 6.96. The van der Waals surface area contributed by atoms with Crippen LogP contribution in [0.3, 0.4) is 0 Å². The first-order valence-electron chi connectivity index (χ1n) is 9.95. The Morgan fingerprint density at radius 1 is 0.867 bits per heavy atom. The third kappa shape index (κ3) is 5.77. The number of amides is 2. The van der Waals surface area contributed by atoms with E-state index in [4.69, 9.17) is 0 Å². The summed E-state index contributed by atoms with van der Waals surface area (Å²) in [6.45, 7) is 4.37. The van der Waals surface area contributed by atoms with Crippen LogP contribution in [0.15, 0.2) is 72.8 Å². The molecule has 0 aliphatic heterocycles. The second-order valence-electron chi connectivity index (χ2n) is 7.22. The molecule has 0 bridgehead atoms. The van der Waals surface area contributed by atoms with Gasteiger partial charge in [-0.15, -0.1) is 0 Å². The van der Waals surface area contributed by atoms with E-state index < -0.39 is 0 Å². The van der Waals surface area contributed by atoms with Crippen LogP contribution in [0.1, 0.15) is 30.0 Å². The van der Waals surface area contributed by atoms with E-state index in [-0.39, 0.29) is 24.1 Å². The van der Waals surface area contributed by atoms with Crippen molar-refractivity contribution in [1.29, 1.82) is 0 Å². The molecule has 0 fully saturated rings. The molecule has 154 valence electrons. The van der Waals surface area contributed by atoms with Gasteiger partial charge in [0.15, 0.2) is 0 Å². The predicted octanol–water partition coefficient (Wildman–Crippen LogP) is 5.26. The summed E-state index contributed by atoms with van der Waals surface area (Å²) in [5.74, 6) is -0.492. The molecule has 0 aliphatic rings. The van der Waals surface area contributed by atoms with Crippen LogP contribution in [-0.4, -0.2) is 11.8 Å². The number of hydrogen-bond acceptors (Lipinski definition) is 2. The molecule has 5 heteroatoms. The Hall–Kier alpha value is -3.47. The van der Waals surface area contributed by atoms with Crippen LogP contribution >= 0.6 is 0 Å². The smallest absolute Gasteiger partial charge is 0.228 e. The quantitative estimate of drug-likeness (QED) is 0.584. The summed E-state index contributed by atoms with van der Waals surface area (Å²) in [4.78, 5) is 26.5. The molecule has 0 saturated carbocycles. The number of carbonyl (C=O) groups is 2. The summed E-state index contributed by atoms with van der Waals surface area (Å²) in [7, 11) is 0. The normalized spacial score (nSPS) is 10.5. The van der Waals surface area contributed by atoms with Crippen LogP contribution in [0.5, 0.6) is 0 Å². The molecule has 4 nitrogen and oxygen atoms in total. The highest BCUT2D eigenvalue weighted by Gasteiger charge is 2.15. The summed E-state index contributed by atoms with van der Waals surface area (Å²) in [5.41, 5.74) is 4.42. The van der Waals surface area contributed by atoms with E-state index in [2.05, 4.69) is 5.32 Å². The first-order valence-corrected chi connectivity index (χ1v) is 9.95. The SMILES string of the molecule is CCC(=O)N(Cc1ccc(C)cc1)c1ccc(CC(=O)Nc2ccc(F)cc2)cc1. The maximum atomic E-state index is 13.0. The van der Waals surface area contributed by atoms with Gasteiger partial charge in [0.25, 0.3) is 0 Å². The molecule has 0 radical (unpaired) electrons. The Bertz CT molecular complexity index is 997. The van der Waals surface area contributed by atoms with E-state index >= 15 is 0 Å². The van der Waals surface area contributed by atoms with E-state index in [0.717, 1.165) is 16.8 Å². The lowest BCUT2D eigenvalue weighted by atomic mass is 10.1. The van der Waals surface area contributed by atoms with Crippen LogP contribution < -0.4 is 10.2 Å². The van der Waals surface area contributed by atoms with Gasteiger partial charge in [-0.1, -0.05) is 48.9 Å². The van der Waals surface area contributed by atoms with Crippen molar-refractivity contribution in [1.82, 2.24) is 0 Å². The van der Waals surface area contributed by atoms with Gasteiger partial charge < -0.3 is 10.2 Å². The monoisotopic (exact) mass is 404 g/mol. The molecular formula is C25H25FN2O2. The van der Waals surface area contributed by atoms with Gasteiger partial charge in [0.2, 0.25) is 11.8 Å². The van der Waals surface area contributed by atoms with Crippen LogP contribution in [0.4, 0.5) is 15.8 Å². The second-order valence-corrected chi connectivity index (χ2v) is 7.22. The van der Waals surface area contributed by atoms with E-state index in [1.165, 1.54) is 29.8 Å². The number of anilines is 2. The number of carbonyl (C=O) groups excluding carboxylic acids is 2. The minimum Gasteiger partial charge on any atom is -0.326 e. The maximum Gasteiger partial charge on any atom is 0.228 e. The third-order valence-corrected chi connectivity index (χ3v) is 4.81. The summed E-state index contributed by atoms with van der Waals surface area (Å²) in [6, 6.07) is 21.2. The van der Waals surface area contributed by atoms with Crippen LogP contribution in [0.2, 0.25) is 0 Å². The molecule has 0 aliphatic carbocycles. The molecule has 3 aromatic rings. The number of halogens is 1. The average molecular weight is 404 g/mol. The van der Waals surface area contributed by atoms with Crippen LogP contribution in [0.25, 0.3) is 0 Å². The number of nitrogens with one attached hydrogen (secondary N) is 1. The van der Waals surface area contributed by atoms with E-state index in [1.807, 2.05) is 62.4 Å². The topological polar surface area (TPSA) is 49.4 Å². The van der Waals surface area contributed by atoms with Crippen molar-refractivity contribution in [2.45, 2.75) is 33.2 Å². The molecule has 0 aromatic heterocycles. The van der Waals surface area contributed by atoms with Gasteiger partial charge >= 0.3 is 0 Å². The third-order valence-electron chi connectivity index (χ3n) is 4.81. The van der Waals surface area contributed by atoms with Gasteiger partial charge in [0, 0.05) is 17.8 Å². The number of aryl methyl sites for hydroxylation is 1. The largest absolute Gasteiger partial charge is 0.326 e. The fraction of sp³-hybridized carbons (Fsp3) is 0.200. The van der Waals surface area contributed by atoms with Crippen molar-refractivity contribution in [3.8, 4) is 0 Å². The Balaban J connectivity index is 1.68. The van der Waals surface area contributed by atoms with Gasteiger partial charge in [0.1, 0.15) is 5.82 Å². The molecule has 0 atom stereocenters. The average Bonchev–Trinajstić information content (AvgIpc) is 2.75. The minimum absolute atomic E-state index is 0.0392. The molecule has 3 rings (SSSR count). The molecular weight excluding hydrogens is 379 g/mol. The van der Waals surface area contributed by atoms with Crippen molar-refractivity contribution >= 4 is 23.2 Å². The zero-order valence-electron chi connectivity index (χ0n) is 17.2. The molecule has 0 spiro atoms. The molecule has 0 unspecified atom stereocenters. The van der Waals surface area contributed by atoms with Crippen molar-refractivity contribution in [2.75, 3.05) is 10.2 Å². The lowest BCUT2D eigenvalue weighted by molar-refractivity contribution is -0.118. The summed E-state index contributed by atoms with van der Waals surface area (Å²) in [6.07, 6.45) is 0.602. The standard InChI is InChI=1S/C25H25FN2O2/c1-3-25(30)28(17-20-6-4-18(2)5-7-20)23-14-8-19(9-15-23)16-24(29)27-22-12-10-21(26)11-13-22/h4-15H,3,16-17H2,1-2H3,(H,27,29). The molecule has 30 heavy (non-hydrogen) atoms. The predicted molar refractivity (Wildman–Crippen MR) is 118 cm³/mol. The fourth-order valence-electron chi connectivity index (χ4n) is 3.11. The summed E-state index contributed by atoms with van der Waals surface area (Å²) < 4.78 is 13.0. The van der Waals surface area contributed by atoms with Gasteiger partial charge in [-0.05, 0) is 54.4 Å². The molecule has 0 saturated heterocycles. The highest BCUT2D eigenvalue weighted by Crippen LogP contribution is 2.20. The summed E-state index contributed by atoms with van der Waals surface area (Å²) >= 11 is 0. The number of hydrogen-bond donors (Lipinski definition) is 1. The minimum atomic E-state index is -0.347. The molecule has 3 aromatic carbocycles. The molecule has 2 amide bonds. The lowest BCUT2D eigenvalue weighted by Gasteiger charge is -2.23. The number of benzene rings is 3. The van der Waals surface area contributed by atoms with Gasteiger partial charge in [-0.2, -0.15) is 0 Å². The van der Waals surface area contributed by atoms with Crippen molar-refractivity contribution in [3.63, 3.8) is 0 Å². The van der Waals surface area contributed by atoms with E-state index in [0.29, 0.717) is 18.7 Å². The van der Waals surface area contributed by atoms with Gasteiger partial charge in [-0.25, -0.2) is 4.39 Å². The highest BCUT2D eigenvalue weighted by atomic mass is 19.1. The van der Waals surface area contributed by atoms with E-state index in [9.17, 15) is 14.0 Å². The Labute approximate surface area is 176 Å². The lowest BCUT2D eigenvalue weighted by Crippen LogP contribution is -2.29. The Morgan fingerprint density at radius 2 is 1.47 bits per heavy atom. The molecule has 0 heterocycles. The maximum absolute atomic E-state index is 13.0. The fourth-order valence-corrected chi connectivity index (χ4v) is 3.11. The zero-order valence-corrected chi connectivity index (χ0v) is 17.2. The molecule has 1 N–H and O–H groups in total. The summed E-state index contributed by atoms with van der Waals surface area (Å²) in [5, 5.41) is 2.75. The van der Waals surface area contributed by atoms with Crippen LogP contribution in [0, 0.1) is 12.7 Å². The Morgan fingerprint density at radius 3 is 2.07 bits per heavy atom. The van der Waals surface area contributed by atoms with Gasteiger partial charge in [0.05, 0.1) is 13.0 Å². The van der Waals surface area contributed by atoms with Crippen LogP contribution in [-0.2, 0) is 22.6 Å². The first kappa shape index (κ1) is 21.2. The van der Waals surface area contributed by atoms with Gasteiger partial charge in [-0.3, -0.25) is 9.59 Å². The van der Waals surface area contributed by atoms with Crippen molar-refractivity contribution in [2.24, 2.45) is 0 Å². The second kappa shape index (κ2) is 9.83. The van der Waals surface area contributed by atoms with Crippen molar-refractivity contribution in [3.05, 3.63) is 95.3 Å². The van der Waals surface area contributed by atoms with E-state index in [1.54, 1.807) is 4.90 Å². The number of rotatable bonds is 7.